The zero-order chi connectivity index (χ0) is 13.3. The predicted molar refractivity (Wildman–Crippen MR) is 72.4 cm³/mol. The number of nitrogen functional groups attached to an aromatic ring is 1. The minimum Gasteiger partial charge on any atom is -0.451 e. The van der Waals surface area contributed by atoms with Crippen molar-refractivity contribution < 1.29 is 9.13 Å². The molecule has 0 unspecified atom stereocenters. The molecule has 0 aromatic heterocycles. The molecule has 0 heterocycles. The van der Waals surface area contributed by atoms with Crippen molar-refractivity contribution >= 4 is 40.5 Å². The van der Waals surface area contributed by atoms with Crippen LogP contribution >= 0.6 is 34.8 Å². The Bertz CT molecular complexity index is 581. The molecule has 0 aliphatic rings. The number of anilines is 1. The Morgan fingerprint density at radius 3 is 2.22 bits per heavy atom. The van der Waals surface area contributed by atoms with Crippen molar-refractivity contribution in [3.63, 3.8) is 0 Å². The molecular weight excluding hydrogens is 299 g/mol. The van der Waals surface area contributed by atoms with E-state index in [2.05, 4.69) is 0 Å². The molecule has 0 saturated carbocycles. The summed E-state index contributed by atoms with van der Waals surface area (Å²) in [6, 6.07) is 7.32. The molecule has 0 aliphatic carbocycles. The van der Waals surface area contributed by atoms with Gasteiger partial charge in [0.15, 0.2) is 17.3 Å². The van der Waals surface area contributed by atoms with Crippen LogP contribution in [0.15, 0.2) is 30.3 Å². The van der Waals surface area contributed by atoms with E-state index < -0.39 is 5.82 Å². The summed E-state index contributed by atoms with van der Waals surface area (Å²) in [6.45, 7) is 0. The van der Waals surface area contributed by atoms with Gasteiger partial charge in [0.25, 0.3) is 0 Å². The first-order valence-corrected chi connectivity index (χ1v) is 5.99. The molecular formula is C12H7Cl3FNO. The molecule has 2 aromatic rings. The van der Waals surface area contributed by atoms with Crippen LogP contribution in [0.4, 0.5) is 10.1 Å². The van der Waals surface area contributed by atoms with Crippen LogP contribution in [0.5, 0.6) is 11.5 Å². The van der Waals surface area contributed by atoms with Crippen molar-refractivity contribution in [3.8, 4) is 11.5 Å². The highest BCUT2D eigenvalue weighted by Gasteiger charge is 2.14. The second-order valence-corrected chi connectivity index (χ2v) is 4.69. The monoisotopic (exact) mass is 305 g/mol. The third-order valence-corrected chi connectivity index (χ3v) is 3.00. The number of ether oxygens (including phenoxy) is 1. The summed E-state index contributed by atoms with van der Waals surface area (Å²) in [7, 11) is 0. The predicted octanol–water partition coefficient (Wildman–Crippen LogP) is 5.16. The minimum absolute atomic E-state index is 0.0461. The molecule has 0 saturated heterocycles. The Morgan fingerprint density at radius 1 is 1.00 bits per heavy atom. The van der Waals surface area contributed by atoms with Gasteiger partial charge in [-0.05, 0) is 24.3 Å². The fourth-order valence-electron chi connectivity index (χ4n) is 1.35. The highest BCUT2D eigenvalue weighted by atomic mass is 35.5. The lowest BCUT2D eigenvalue weighted by Crippen LogP contribution is -1.92. The number of nitrogens with two attached hydrogens (primary N) is 1. The lowest BCUT2D eigenvalue weighted by Gasteiger charge is -2.11. The van der Waals surface area contributed by atoms with Gasteiger partial charge >= 0.3 is 0 Å². The molecule has 2 N–H and O–H groups in total. The standard InChI is InChI=1S/C12H7Cl3FNO/c13-7-2-1-3-10(11(7)16)18-12-8(14)4-6(17)5-9(12)15/h1-5H,17H2. The molecule has 0 atom stereocenters. The SMILES string of the molecule is Nc1cc(Cl)c(Oc2cccc(Cl)c2F)c(Cl)c1. The van der Waals surface area contributed by atoms with Crippen LogP contribution in [0, 0.1) is 5.82 Å². The van der Waals surface area contributed by atoms with Crippen molar-refractivity contribution in [1.29, 1.82) is 0 Å². The average molecular weight is 307 g/mol. The van der Waals surface area contributed by atoms with Gasteiger partial charge < -0.3 is 10.5 Å². The Balaban J connectivity index is 2.43. The number of halogens is 4. The lowest BCUT2D eigenvalue weighted by molar-refractivity contribution is 0.443. The first-order chi connectivity index (χ1) is 8.49. The third kappa shape index (κ3) is 2.64. The van der Waals surface area contributed by atoms with E-state index in [0.29, 0.717) is 5.69 Å². The van der Waals surface area contributed by atoms with Gasteiger partial charge in [-0.3, -0.25) is 0 Å². The number of rotatable bonds is 2. The quantitative estimate of drug-likeness (QED) is 0.778. The summed E-state index contributed by atoms with van der Waals surface area (Å²) < 4.78 is 19.0. The van der Waals surface area contributed by atoms with E-state index in [9.17, 15) is 4.39 Å². The number of hydrogen-bond donors (Lipinski definition) is 1. The normalized spacial score (nSPS) is 10.4. The minimum atomic E-state index is -0.678. The van der Waals surface area contributed by atoms with Gasteiger partial charge in [-0.1, -0.05) is 40.9 Å². The summed E-state index contributed by atoms with van der Waals surface area (Å²) in [4.78, 5) is 0. The molecule has 2 aromatic carbocycles. The van der Waals surface area contributed by atoms with Crippen LogP contribution in [0.2, 0.25) is 15.1 Å². The molecule has 0 fully saturated rings. The van der Waals surface area contributed by atoms with E-state index in [-0.39, 0.29) is 26.6 Å². The molecule has 94 valence electrons. The average Bonchev–Trinajstić information content (AvgIpc) is 2.28. The van der Waals surface area contributed by atoms with Gasteiger partial charge in [0.05, 0.1) is 15.1 Å². The van der Waals surface area contributed by atoms with Crippen LogP contribution in [0.25, 0.3) is 0 Å². The lowest BCUT2D eigenvalue weighted by atomic mass is 10.3. The molecule has 2 rings (SSSR count). The van der Waals surface area contributed by atoms with Crippen LogP contribution in [0.3, 0.4) is 0 Å². The largest absolute Gasteiger partial charge is 0.451 e. The van der Waals surface area contributed by atoms with Gasteiger partial charge in [-0.2, -0.15) is 0 Å². The summed E-state index contributed by atoms with van der Waals surface area (Å²) >= 11 is 17.5. The molecule has 18 heavy (non-hydrogen) atoms. The second kappa shape index (κ2) is 5.22. The summed E-state index contributed by atoms with van der Waals surface area (Å²) in [6.07, 6.45) is 0. The maximum Gasteiger partial charge on any atom is 0.184 e. The van der Waals surface area contributed by atoms with E-state index in [4.69, 9.17) is 45.3 Å². The van der Waals surface area contributed by atoms with E-state index in [1.165, 1.54) is 24.3 Å². The van der Waals surface area contributed by atoms with Crippen LogP contribution < -0.4 is 10.5 Å². The first-order valence-electron chi connectivity index (χ1n) is 4.85. The Kier molecular flexibility index (Phi) is 3.85. The maximum absolute atomic E-state index is 13.7. The van der Waals surface area contributed by atoms with Crippen molar-refractivity contribution in [3.05, 3.63) is 51.2 Å². The molecule has 0 aliphatic heterocycles. The zero-order valence-electron chi connectivity index (χ0n) is 8.88. The van der Waals surface area contributed by atoms with Gasteiger partial charge in [-0.15, -0.1) is 0 Å². The Morgan fingerprint density at radius 2 is 1.61 bits per heavy atom. The second-order valence-electron chi connectivity index (χ2n) is 3.47. The molecule has 0 spiro atoms. The van der Waals surface area contributed by atoms with Gasteiger partial charge in [0.1, 0.15) is 0 Å². The Labute approximate surface area is 118 Å². The van der Waals surface area contributed by atoms with E-state index in [0.717, 1.165) is 0 Å². The van der Waals surface area contributed by atoms with E-state index in [1.807, 2.05) is 0 Å². The van der Waals surface area contributed by atoms with Crippen molar-refractivity contribution in [1.82, 2.24) is 0 Å². The summed E-state index contributed by atoms with van der Waals surface area (Å²) in [5.74, 6) is -0.604. The molecule has 2 nitrogen and oxygen atoms in total. The molecule has 6 heteroatoms. The highest BCUT2D eigenvalue weighted by Crippen LogP contribution is 2.39. The smallest absolute Gasteiger partial charge is 0.184 e. The van der Waals surface area contributed by atoms with Crippen molar-refractivity contribution in [2.75, 3.05) is 5.73 Å². The van der Waals surface area contributed by atoms with Crippen LogP contribution in [-0.4, -0.2) is 0 Å². The fraction of sp³-hybridized carbons (Fsp3) is 0. The van der Waals surface area contributed by atoms with Crippen molar-refractivity contribution in [2.24, 2.45) is 0 Å². The summed E-state index contributed by atoms with van der Waals surface area (Å²) in [5.41, 5.74) is 5.95. The fourth-order valence-corrected chi connectivity index (χ4v) is 2.10. The number of benzene rings is 2. The topological polar surface area (TPSA) is 35.2 Å². The van der Waals surface area contributed by atoms with Crippen LogP contribution in [0.1, 0.15) is 0 Å². The first kappa shape index (κ1) is 13.3. The molecule has 0 amide bonds. The maximum atomic E-state index is 13.7. The molecule has 0 bridgehead atoms. The van der Waals surface area contributed by atoms with Gasteiger partial charge in [-0.25, -0.2) is 4.39 Å². The third-order valence-electron chi connectivity index (χ3n) is 2.15. The van der Waals surface area contributed by atoms with Crippen LogP contribution in [-0.2, 0) is 0 Å². The van der Waals surface area contributed by atoms with E-state index in [1.54, 1.807) is 6.07 Å². The number of hydrogen-bond acceptors (Lipinski definition) is 2. The molecule has 0 radical (unpaired) electrons. The zero-order valence-corrected chi connectivity index (χ0v) is 11.2. The van der Waals surface area contributed by atoms with Gasteiger partial charge in [0.2, 0.25) is 0 Å². The van der Waals surface area contributed by atoms with Gasteiger partial charge in [0, 0.05) is 5.69 Å². The van der Waals surface area contributed by atoms with E-state index >= 15 is 0 Å². The summed E-state index contributed by atoms with van der Waals surface area (Å²) in [5, 5.41) is 0.342. The van der Waals surface area contributed by atoms with Crippen molar-refractivity contribution in [2.45, 2.75) is 0 Å². The Hall–Kier alpha value is -1.16. The highest BCUT2D eigenvalue weighted by molar-refractivity contribution is 6.37.